The van der Waals surface area contributed by atoms with E-state index in [9.17, 15) is 4.79 Å². The monoisotopic (exact) mass is 233 g/mol. The van der Waals surface area contributed by atoms with Crippen LogP contribution in [0.1, 0.15) is 10.4 Å². The van der Waals surface area contributed by atoms with Gasteiger partial charge in [0.15, 0.2) is 0 Å². The number of nitrogen functional groups attached to an aromatic ring is 1. The first-order valence-electron chi connectivity index (χ1n) is 4.74. The minimum Gasteiger partial charge on any atom is -0.383 e. The smallest absolute Gasteiger partial charge is 0.254 e. The number of carbonyl (C=O) groups excluding carboxylic acids is 1. The summed E-state index contributed by atoms with van der Waals surface area (Å²) in [5.41, 5.74) is 11.5. The molecular weight excluding hydrogens is 222 g/mol. The lowest BCUT2D eigenvalue weighted by Gasteiger charge is -2.04. The van der Waals surface area contributed by atoms with E-state index >= 15 is 0 Å². The highest BCUT2D eigenvalue weighted by Crippen LogP contribution is 2.14. The standard InChI is InChI=1S/C9H11N7O/c1-16-4-5(2-13-16)14-9-12-3-6(8(11)17)7(10)15-9/h2-4H,1H3,(H2,11,17)(H3,10,12,14,15). The van der Waals surface area contributed by atoms with E-state index < -0.39 is 5.91 Å². The van der Waals surface area contributed by atoms with E-state index in [1.165, 1.54) is 6.20 Å². The summed E-state index contributed by atoms with van der Waals surface area (Å²) in [5, 5.41) is 6.87. The molecule has 2 aromatic rings. The lowest BCUT2D eigenvalue weighted by Crippen LogP contribution is -2.15. The number of nitrogens with zero attached hydrogens (tertiary/aromatic N) is 4. The molecule has 88 valence electrons. The maximum atomic E-state index is 10.9. The van der Waals surface area contributed by atoms with E-state index in [1.54, 1.807) is 24.1 Å². The van der Waals surface area contributed by atoms with Crippen molar-refractivity contribution in [1.82, 2.24) is 19.7 Å². The Labute approximate surface area is 96.7 Å². The van der Waals surface area contributed by atoms with Crippen molar-refractivity contribution in [1.29, 1.82) is 0 Å². The predicted octanol–water partition coefficient (Wildman–Crippen LogP) is -0.365. The van der Waals surface area contributed by atoms with E-state index in [0.717, 1.165) is 5.69 Å². The maximum absolute atomic E-state index is 10.9. The number of aryl methyl sites for hydroxylation is 1. The molecule has 8 heteroatoms. The third kappa shape index (κ3) is 2.30. The van der Waals surface area contributed by atoms with Gasteiger partial charge in [-0.2, -0.15) is 10.1 Å². The summed E-state index contributed by atoms with van der Waals surface area (Å²) >= 11 is 0. The molecule has 2 heterocycles. The molecule has 0 saturated carbocycles. The van der Waals surface area contributed by atoms with Crippen LogP contribution in [-0.4, -0.2) is 25.7 Å². The van der Waals surface area contributed by atoms with Gasteiger partial charge in [0.2, 0.25) is 5.95 Å². The van der Waals surface area contributed by atoms with Crippen molar-refractivity contribution in [3.63, 3.8) is 0 Å². The van der Waals surface area contributed by atoms with Crippen LogP contribution in [0.15, 0.2) is 18.6 Å². The van der Waals surface area contributed by atoms with E-state index in [-0.39, 0.29) is 17.3 Å². The van der Waals surface area contributed by atoms with Gasteiger partial charge in [0.1, 0.15) is 5.82 Å². The number of carbonyl (C=O) groups is 1. The first kappa shape index (κ1) is 10.9. The average Bonchev–Trinajstić information content (AvgIpc) is 2.63. The van der Waals surface area contributed by atoms with Crippen LogP contribution in [0.25, 0.3) is 0 Å². The van der Waals surface area contributed by atoms with Crippen molar-refractivity contribution in [2.75, 3.05) is 11.1 Å². The van der Waals surface area contributed by atoms with Gasteiger partial charge in [-0.15, -0.1) is 0 Å². The number of rotatable bonds is 3. The van der Waals surface area contributed by atoms with Gasteiger partial charge < -0.3 is 16.8 Å². The van der Waals surface area contributed by atoms with Crippen molar-refractivity contribution in [3.8, 4) is 0 Å². The average molecular weight is 233 g/mol. The molecule has 0 atom stereocenters. The zero-order valence-electron chi connectivity index (χ0n) is 9.08. The van der Waals surface area contributed by atoms with E-state index in [4.69, 9.17) is 11.5 Å². The van der Waals surface area contributed by atoms with Gasteiger partial charge in [0.05, 0.1) is 17.4 Å². The second-order valence-electron chi connectivity index (χ2n) is 3.38. The molecule has 2 rings (SSSR count). The normalized spacial score (nSPS) is 10.2. The number of anilines is 3. The molecule has 5 N–H and O–H groups in total. The van der Waals surface area contributed by atoms with Gasteiger partial charge in [0.25, 0.3) is 5.91 Å². The summed E-state index contributed by atoms with van der Waals surface area (Å²) in [5.74, 6) is -0.338. The largest absolute Gasteiger partial charge is 0.383 e. The Hall–Kier alpha value is -2.64. The topological polar surface area (TPSA) is 125 Å². The SMILES string of the molecule is Cn1cc(Nc2ncc(C(N)=O)c(N)n2)cn1. The number of primary amides is 1. The van der Waals surface area contributed by atoms with Gasteiger partial charge in [-0.1, -0.05) is 0 Å². The van der Waals surface area contributed by atoms with Gasteiger partial charge >= 0.3 is 0 Å². The van der Waals surface area contributed by atoms with Crippen LogP contribution in [0.4, 0.5) is 17.5 Å². The molecule has 0 aromatic carbocycles. The molecule has 0 aliphatic carbocycles. The number of amides is 1. The van der Waals surface area contributed by atoms with Crippen LogP contribution in [0.2, 0.25) is 0 Å². The van der Waals surface area contributed by atoms with E-state index in [2.05, 4.69) is 20.4 Å². The summed E-state index contributed by atoms with van der Waals surface area (Å²) in [6.07, 6.45) is 4.65. The molecule has 0 bridgehead atoms. The Morgan fingerprint density at radius 1 is 1.47 bits per heavy atom. The van der Waals surface area contributed by atoms with Crippen molar-refractivity contribution < 1.29 is 4.79 Å². The molecule has 1 amide bonds. The Balaban J connectivity index is 2.23. The fraction of sp³-hybridized carbons (Fsp3) is 0.111. The van der Waals surface area contributed by atoms with Gasteiger partial charge in [-0.05, 0) is 0 Å². The molecule has 17 heavy (non-hydrogen) atoms. The van der Waals surface area contributed by atoms with Crippen LogP contribution < -0.4 is 16.8 Å². The van der Waals surface area contributed by atoms with E-state index in [0.29, 0.717) is 0 Å². The van der Waals surface area contributed by atoms with Gasteiger partial charge in [-0.3, -0.25) is 9.48 Å². The van der Waals surface area contributed by atoms with Crippen molar-refractivity contribution >= 4 is 23.4 Å². The fourth-order valence-electron chi connectivity index (χ4n) is 1.26. The summed E-state index contributed by atoms with van der Waals surface area (Å²) < 4.78 is 1.63. The van der Waals surface area contributed by atoms with Crippen molar-refractivity contribution in [2.24, 2.45) is 12.8 Å². The lowest BCUT2D eigenvalue weighted by molar-refractivity contribution is 0.100. The molecule has 0 saturated heterocycles. The Morgan fingerprint density at radius 3 is 2.76 bits per heavy atom. The molecule has 2 aromatic heterocycles. The number of nitrogens with two attached hydrogens (primary N) is 2. The van der Waals surface area contributed by atoms with Crippen LogP contribution in [0.3, 0.4) is 0 Å². The van der Waals surface area contributed by atoms with Gasteiger partial charge in [-0.25, -0.2) is 4.98 Å². The van der Waals surface area contributed by atoms with Gasteiger partial charge in [0, 0.05) is 19.4 Å². The third-order valence-electron chi connectivity index (χ3n) is 2.04. The predicted molar refractivity (Wildman–Crippen MR) is 61.5 cm³/mol. The van der Waals surface area contributed by atoms with Crippen molar-refractivity contribution in [2.45, 2.75) is 0 Å². The molecule has 0 radical (unpaired) electrons. The quantitative estimate of drug-likeness (QED) is 0.664. The molecule has 0 spiro atoms. The molecular formula is C9H11N7O. The number of aromatic nitrogens is 4. The molecule has 0 aliphatic heterocycles. The second kappa shape index (κ2) is 4.08. The zero-order chi connectivity index (χ0) is 12.4. The van der Waals surface area contributed by atoms with Crippen LogP contribution >= 0.6 is 0 Å². The van der Waals surface area contributed by atoms with Crippen LogP contribution in [-0.2, 0) is 7.05 Å². The fourth-order valence-corrected chi connectivity index (χ4v) is 1.26. The first-order valence-corrected chi connectivity index (χ1v) is 4.74. The highest BCUT2D eigenvalue weighted by atomic mass is 16.1. The highest BCUT2D eigenvalue weighted by Gasteiger charge is 2.09. The van der Waals surface area contributed by atoms with Crippen LogP contribution in [0.5, 0.6) is 0 Å². The summed E-state index contributed by atoms with van der Waals surface area (Å²) in [4.78, 5) is 18.8. The van der Waals surface area contributed by atoms with E-state index in [1.807, 2.05) is 0 Å². The first-order chi connectivity index (χ1) is 8.06. The molecule has 0 aliphatic rings. The molecule has 0 unspecified atom stereocenters. The minimum atomic E-state index is -0.657. The number of nitrogens with one attached hydrogen (secondary N) is 1. The third-order valence-corrected chi connectivity index (χ3v) is 2.04. The Bertz CT molecular complexity index is 562. The summed E-state index contributed by atoms with van der Waals surface area (Å²) in [6, 6.07) is 0. The summed E-state index contributed by atoms with van der Waals surface area (Å²) in [7, 11) is 1.79. The van der Waals surface area contributed by atoms with Crippen LogP contribution in [0, 0.1) is 0 Å². The summed E-state index contributed by atoms with van der Waals surface area (Å²) in [6.45, 7) is 0. The number of hydrogen-bond acceptors (Lipinski definition) is 6. The molecule has 8 nitrogen and oxygen atoms in total. The van der Waals surface area contributed by atoms with Crippen molar-refractivity contribution in [3.05, 3.63) is 24.2 Å². The molecule has 0 fully saturated rings. The lowest BCUT2D eigenvalue weighted by atomic mass is 10.3. The Morgan fingerprint density at radius 2 is 2.24 bits per heavy atom. The minimum absolute atomic E-state index is 0.0406. The zero-order valence-corrected chi connectivity index (χ0v) is 9.08. The second-order valence-corrected chi connectivity index (χ2v) is 3.38. The highest BCUT2D eigenvalue weighted by molar-refractivity contribution is 5.96. The Kier molecular flexibility index (Phi) is 2.61. The number of hydrogen-bond donors (Lipinski definition) is 3. The maximum Gasteiger partial charge on any atom is 0.254 e.